The van der Waals surface area contributed by atoms with Crippen LogP contribution in [0.15, 0.2) is 18.2 Å². The lowest BCUT2D eigenvalue weighted by atomic mass is 10.2. The minimum atomic E-state index is -2.44. The second-order valence-corrected chi connectivity index (χ2v) is 4.24. The summed E-state index contributed by atoms with van der Waals surface area (Å²) < 4.78 is 25.5. The Morgan fingerprint density at radius 3 is 2.64 bits per heavy atom. The van der Waals surface area contributed by atoms with Crippen molar-refractivity contribution in [3.63, 3.8) is 0 Å². The second-order valence-electron chi connectivity index (χ2n) is 3.13. The van der Waals surface area contributed by atoms with Gasteiger partial charge in [-0.2, -0.15) is 0 Å². The number of halogens is 2. The summed E-state index contributed by atoms with van der Waals surface area (Å²) in [7, 11) is 0. The van der Waals surface area contributed by atoms with Gasteiger partial charge in [-0.1, -0.05) is 0 Å². The van der Waals surface area contributed by atoms with Crippen molar-refractivity contribution in [1.29, 1.82) is 0 Å². The molecule has 2 aromatic rings. The number of aryl methyl sites for hydroxylation is 1. The van der Waals surface area contributed by atoms with Gasteiger partial charge < -0.3 is 5.11 Å². The van der Waals surface area contributed by atoms with Gasteiger partial charge in [-0.15, -0.1) is 11.3 Å². The Labute approximate surface area is 83.6 Å². The molecule has 2 rings (SSSR count). The molecule has 1 N–H and O–H groups in total. The zero-order valence-electron chi connectivity index (χ0n) is 7.42. The number of rotatable bonds is 1. The first-order valence-electron chi connectivity index (χ1n) is 4.09. The van der Waals surface area contributed by atoms with E-state index in [0.717, 1.165) is 16.0 Å². The number of benzene rings is 1. The number of aromatic hydroxyl groups is 1. The summed E-state index contributed by atoms with van der Waals surface area (Å²) >= 11 is 1.07. The molecule has 0 bridgehead atoms. The highest BCUT2D eigenvalue weighted by molar-refractivity contribution is 7.19. The quantitative estimate of drug-likeness (QED) is 0.764. The fourth-order valence-corrected chi connectivity index (χ4v) is 2.30. The van der Waals surface area contributed by atoms with E-state index in [1.807, 2.05) is 0 Å². The van der Waals surface area contributed by atoms with Crippen molar-refractivity contribution in [2.24, 2.45) is 0 Å². The molecule has 0 spiro atoms. The van der Waals surface area contributed by atoms with Gasteiger partial charge in [0.15, 0.2) is 0 Å². The molecule has 1 heterocycles. The van der Waals surface area contributed by atoms with E-state index in [-0.39, 0.29) is 10.6 Å². The maximum atomic E-state index is 12.4. The van der Waals surface area contributed by atoms with Crippen LogP contribution in [-0.2, 0) is 0 Å². The van der Waals surface area contributed by atoms with Crippen molar-refractivity contribution in [1.82, 2.24) is 0 Å². The standard InChI is InChI=1S/C10H8F2OS/c1-5-2-8-6(3-7(5)13)4-9(14-8)10(11)12/h2-4,10,13H,1H3. The van der Waals surface area contributed by atoms with Gasteiger partial charge in [0.05, 0.1) is 4.88 Å². The van der Waals surface area contributed by atoms with Crippen LogP contribution in [0.4, 0.5) is 8.78 Å². The molecule has 0 amide bonds. The minimum absolute atomic E-state index is 0.0463. The van der Waals surface area contributed by atoms with Crippen molar-refractivity contribution in [3.05, 3.63) is 28.6 Å². The molecular weight excluding hydrogens is 206 g/mol. The zero-order chi connectivity index (χ0) is 10.3. The molecule has 1 aromatic heterocycles. The predicted molar refractivity (Wildman–Crippen MR) is 53.2 cm³/mol. The molecule has 0 aliphatic carbocycles. The summed E-state index contributed by atoms with van der Waals surface area (Å²) in [5.74, 6) is 0.149. The summed E-state index contributed by atoms with van der Waals surface area (Å²) in [6, 6.07) is 4.66. The molecule has 74 valence electrons. The van der Waals surface area contributed by atoms with Crippen LogP contribution >= 0.6 is 11.3 Å². The fraction of sp³-hybridized carbons (Fsp3) is 0.200. The number of alkyl halides is 2. The number of phenols is 1. The average Bonchev–Trinajstić information content (AvgIpc) is 2.48. The topological polar surface area (TPSA) is 20.2 Å². The molecule has 0 unspecified atom stereocenters. The van der Waals surface area contributed by atoms with E-state index in [2.05, 4.69) is 0 Å². The van der Waals surface area contributed by atoms with E-state index >= 15 is 0 Å². The predicted octanol–water partition coefficient (Wildman–Crippen LogP) is 3.85. The third-order valence-corrected chi connectivity index (χ3v) is 3.17. The number of hydrogen-bond acceptors (Lipinski definition) is 2. The number of hydrogen-bond donors (Lipinski definition) is 1. The van der Waals surface area contributed by atoms with E-state index < -0.39 is 6.43 Å². The molecule has 0 radical (unpaired) electrons. The van der Waals surface area contributed by atoms with E-state index in [0.29, 0.717) is 10.9 Å². The molecule has 4 heteroatoms. The highest BCUT2D eigenvalue weighted by Gasteiger charge is 2.12. The molecule has 14 heavy (non-hydrogen) atoms. The van der Waals surface area contributed by atoms with Gasteiger partial charge in [0.25, 0.3) is 6.43 Å². The Bertz CT molecular complexity index is 437. The monoisotopic (exact) mass is 214 g/mol. The Balaban J connectivity index is 2.66. The maximum Gasteiger partial charge on any atom is 0.272 e. The van der Waals surface area contributed by atoms with Crippen molar-refractivity contribution in [2.75, 3.05) is 0 Å². The van der Waals surface area contributed by atoms with E-state index in [1.165, 1.54) is 12.1 Å². The van der Waals surface area contributed by atoms with Crippen LogP contribution in [-0.4, -0.2) is 5.11 Å². The van der Waals surface area contributed by atoms with Crippen LogP contribution in [0.25, 0.3) is 10.1 Å². The van der Waals surface area contributed by atoms with E-state index in [4.69, 9.17) is 0 Å². The molecule has 0 saturated carbocycles. The maximum absolute atomic E-state index is 12.4. The smallest absolute Gasteiger partial charge is 0.272 e. The first-order valence-corrected chi connectivity index (χ1v) is 4.91. The van der Waals surface area contributed by atoms with Gasteiger partial charge in [0, 0.05) is 4.70 Å². The lowest BCUT2D eigenvalue weighted by molar-refractivity contribution is 0.156. The Hall–Kier alpha value is -1.16. The highest BCUT2D eigenvalue weighted by Crippen LogP contribution is 2.35. The number of thiophene rings is 1. The van der Waals surface area contributed by atoms with Gasteiger partial charge >= 0.3 is 0 Å². The normalized spacial score (nSPS) is 11.4. The summed E-state index contributed by atoms with van der Waals surface area (Å²) in [5, 5.41) is 10.1. The Kier molecular flexibility index (Phi) is 2.15. The van der Waals surface area contributed by atoms with Crippen LogP contribution in [0, 0.1) is 6.92 Å². The van der Waals surface area contributed by atoms with Crippen molar-refractivity contribution in [3.8, 4) is 5.75 Å². The van der Waals surface area contributed by atoms with Gasteiger partial charge in [0.1, 0.15) is 5.75 Å². The second kappa shape index (κ2) is 3.20. The van der Waals surface area contributed by atoms with Crippen molar-refractivity contribution in [2.45, 2.75) is 13.3 Å². The van der Waals surface area contributed by atoms with E-state index in [1.54, 1.807) is 13.0 Å². The zero-order valence-corrected chi connectivity index (χ0v) is 8.24. The van der Waals surface area contributed by atoms with Crippen LogP contribution in [0.2, 0.25) is 0 Å². The molecular formula is C10H8F2OS. The molecule has 0 atom stereocenters. The highest BCUT2D eigenvalue weighted by atomic mass is 32.1. The summed E-state index contributed by atoms with van der Waals surface area (Å²) in [5.41, 5.74) is 0.708. The van der Waals surface area contributed by atoms with E-state index in [9.17, 15) is 13.9 Å². The largest absolute Gasteiger partial charge is 0.508 e. The lowest BCUT2D eigenvalue weighted by Crippen LogP contribution is -1.73. The third kappa shape index (κ3) is 1.46. The molecule has 0 saturated heterocycles. The first-order chi connectivity index (χ1) is 6.58. The number of phenolic OH excluding ortho intramolecular Hbond substituents is 1. The minimum Gasteiger partial charge on any atom is -0.508 e. The SMILES string of the molecule is Cc1cc2sc(C(F)F)cc2cc1O. The third-order valence-electron chi connectivity index (χ3n) is 2.07. The Morgan fingerprint density at radius 2 is 2.00 bits per heavy atom. The first kappa shape index (κ1) is 9.40. The average molecular weight is 214 g/mol. The molecule has 0 aliphatic rings. The molecule has 0 fully saturated rings. The summed E-state index contributed by atoms with van der Waals surface area (Å²) in [6.07, 6.45) is -2.44. The summed E-state index contributed by atoms with van der Waals surface area (Å²) in [6.45, 7) is 1.75. The van der Waals surface area contributed by atoms with Crippen LogP contribution in [0.3, 0.4) is 0 Å². The molecule has 1 aromatic carbocycles. The van der Waals surface area contributed by atoms with Crippen LogP contribution < -0.4 is 0 Å². The van der Waals surface area contributed by atoms with Crippen molar-refractivity contribution >= 4 is 21.4 Å². The van der Waals surface area contributed by atoms with Crippen LogP contribution in [0.5, 0.6) is 5.75 Å². The molecule has 0 aliphatic heterocycles. The molecule has 1 nitrogen and oxygen atoms in total. The van der Waals surface area contributed by atoms with Gasteiger partial charge in [-0.05, 0) is 36.1 Å². The fourth-order valence-electron chi connectivity index (χ4n) is 1.30. The van der Waals surface area contributed by atoms with Gasteiger partial charge in [-0.25, -0.2) is 8.78 Å². The number of fused-ring (bicyclic) bond motifs is 1. The van der Waals surface area contributed by atoms with Crippen molar-refractivity contribution < 1.29 is 13.9 Å². The Morgan fingerprint density at radius 1 is 1.29 bits per heavy atom. The lowest BCUT2D eigenvalue weighted by Gasteiger charge is -1.96. The van der Waals surface area contributed by atoms with Crippen LogP contribution in [0.1, 0.15) is 16.9 Å². The van der Waals surface area contributed by atoms with Gasteiger partial charge in [0.2, 0.25) is 0 Å². The van der Waals surface area contributed by atoms with Gasteiger partial charge in [-0.3, -0.25) is 0 Å². The summed E-state index contributed by atoms with van der Waals surface area (Å²) in [4.78, 5) is 0.0463.